The van der Waals surface area contributed by atoms with Gasteiger partial charge in [-0.1, -0.05) is 17.7 Å². The normalized spacial score (nSPS) is 38.7. The summed E-state index contributed by atoms with van der Waals surface area (Å²) >= 11 is 1.97. The highest BCUT2D eigenvalue weighted by atomic mass is 32.2. The Balaban J connectivity index is 1.44. The lowest BCUT2D eigenvalue weighted by molar-refractivity contribution is -0.0629. The molecule has 2 N–H and O–H groups in total. The molecular formula is C19H27NS. The van der Waals surface area contributed by atoms with Gasteiger partial charge in [0.2, 0.25) is 0 Å². The zero-order chi connectivity index (χ0) is 14.4. The van der Waals surface area contributed by atoms with Crippen LogP contribution in [0.1, 0.15) is 44.1 Å². The van der Waals surface area contributed by atoms with Gasteiger partial charge in [-0.15, -0.1) is 11.8 Å². The van der Waals surface area contributed by atoms with Gasteiger partial charge in [-0.25, -0.2) is 0 Å². The third-order valence-electron chi connectivity index (χ3n) is 6.29. The second-order valence-corrected chi connectivity index (χ2v) is 9.11. The van der Waals surface area contributed by atoms with E-state index in [4.69, 9.17) is 5.73 Å². The minimum absolute atomic E-state index is 0.386. The Morgan fingerprint density at radius 3 is 2.33 bits per heavy atom. The molecule has 114 valence electrons. The van der Waals surface area contributed by atoms with E-state index >= 15 is 0 Å². The first-order chi connectivity index (χ1) is 10.1. The molecule has 4 fully saturated rings. The summed E-state index contributed by atoms with van der Waals surface area (Å²) in [7, 11) is 0. The van der Waals surface area contributed by atoms with Crippen LogP contribution in [0.25, 0.3) is 0 Å². The largest absolute Gasteiger partial charge is 0.326 e. The Kier molecular flexibility index (Phi) is 3.58. The van der Waals surface area contributed by atoms with Crippen LogP contribution in [0.3, 0.4) is 0 Å². The van der Waals surface area contributed by atoms with Crippen molar-refractivity contribution in [1.29, 1.82) is 0 Å². The molecule has 2 heteroatoms. The van der Waals surface area contributed by atoms with Gasteiger partial charge in [0, 0.05) is 16.7 Å². The van der Waals surface area contributed by atoms with Gasteiger partial charge < -0.3 is 5.73 Å². The quantitative estimate of drug-likeness (QED) is 0.820. The van der Waals surface area contributed by atoms with Gasteiger partial charge in [-0.05, 0) is 80.8 Å². The van der Waals surface area contributed by atoms with Crippen molar-refractivity contribution in [3.8, 4) is 0 Å². The van der Waals surface area contributed by atoms with Crippen molar-refractivity contribution in [3.63, 3.8) is 0 Å². The number of rotatable bonds is 4. The van der Waals surface area contributed by atoms with Crippen molar-refractivity contribution in [1.82, 2.24) is 0 Å². The molecule has 0 amide bonds. The van der Waals surface area contributed by atoms with Crippen molar-refractivity contribution in [2.45, 2.75) is 56.4 Å². The Morgan fingerprint density at radius 2 is 1.76 bits per heavy atom. The summed E-state index contributed by atoms with van der Waals surface area (Å²) in [4.78, 5) is 1.38. The molecule has 1 aromatic rings. The molecule has 0 aliphatic heterocycles. The number of hydrogen-bond donors (Lipinski definition) is 1. The maximum Gasteiger partial charge on any atom is 0.0191 e. The molecule has 0 heterocycles. The number of hydrogen-bond acceptors (Lipinski definition) is 2. The van der Waals surface area contributed by atoms with E-state index in [1.807, 2.05) is 11.8 Å². The molecule has 21 heavy (non-hydrogen) atoms. The third kappa shape index (κ3) is 2.66. The molecule has 4 aliphatic rings. The molecule has 0 saturated heterocycles. The maximum absolute atomic E-state index is 6.74. The minimum Gasteiger partial charge on any atom is -0.326 e. The Hall–Kier alpha value is -0.470. The molecule has 5 rings (SSSR count). The summed E-state index contributed by atoms with van der Waals surface area (Å²) in [6.45, 7) is 2.17. The fraction of sp³-hybridized carbons (Fsp3) is 0.684. The SMILES string of the molecule is Cc1cccc(SCC(N)C23CC4CC(CC(C4)C2)C3)c1. The third-order valence-corrected chi connectivity index (χ3v) is 7.40. The molecule has 4 aliphatic carbocycles. The van der Waals surface area contributed by atoms with Crippen molar-refractivity contribution in [3.05, 3.63) is 29.8 Å². The highest BCUT2D eigenvalue weighted by molar-refractivity contribution is 7.99. The summed E-state index contributed by atoms with van der Waals surface area (Å²) in [6, 6.07) is 9.23. The lowest BCUT2D eigenvalue weighted by atomic mass is 9.48. The van der Waals surface area contributed by atoms with Gasteiger partial charge in [0.15, 0.2) is 0 Å². The Bertz CT molecular complexity index is 489. The van der Waals surface area contributed by atoms with Crippen LogP contribution in [-0.4, -0.2) is 11.8 Å². The smallest absolute Gasteiger partial charge is 0.0191 e. The van der Waals surface area contributed by atoms with Crippen LogP contribution in [0.4, 0.5) is 0 Å². The molecule has 1 nitrogen and oxygen atoms in total. The van der Waals surface area contributed by atoms with E-state index in [1.165, 1.54) is 49.0 Å². The summed E-state index contributed by atoms with van der Waals surface area (Å²) in [5.74, 6) is 4.11. The van der Waals surface area contributed by atoms with E-state index in [2.05, 4.69) is 31.2 Å². The lowest BCUT2D eigenvalue weighted by Crippen LogP contribution is -2.55. The average molecular weight is 301 g/mol. The van der Waals surface area contributed by atoms with Crippen LogP contribution in [0.15, 0.2) is 29.2 Å². The summed E-state index contributed by atoms with van der Waals surface area (Å²) < 4.78 is 0. The topological polar surface area (TPSA) is 26.0 Å². The lowest BCUT2D eigenvalue weighted by Gasteiger charge is -2.59. The van der Waals surface area contributed by atoms with E-state index in [0.717, 1.165) is 23.5 Å². The van der Waals surface area contributed by atoms with Gasteiger partial charge in [-0.3, -0.25) is 0 Å². The molecular weight excluding hydrogens is 274 g/mol. The van der Waals surface area contributed by atoms with Gasteiger partial charge >= 0.3 is 0 Å². The minimum atomic E-state index is 0.386. The molecule has 0 aromatic heterocycles. The number of thioether (sulfide) groups is 1. The molecule has 1 aromatic carbocycles. The van der Waals surface area contributed by atoms with Crippen molar-refractivity contribution in [2.24, 2.45) is 28.9 Å². The second-order valence-electron chi connectivity index (χ2n) is 8.01. The highest BCUT2D eigenvalue weighted by Crippen LogP contribution is 2.61. The molecule has 0 spiro atoms. The summed E-state index contributed by atoms with van der Waals surface area (Å²) in [5.41, 5.74) is 8.58. The van der Waals surface area contributed by atoms with E-state index in [1.54, 1.807) is 0 Å². The van der Waals surface area contributed by atoms with Crippen LogP contribution in [0.2, 0.25) is 0 Å². The van der Waals surface area contributed by atoms with Crippen molar-refractivity contribution >= 4 is 11.8 Å². The number of nitrogens with two attached hydrogens (primary N) is 1. The predicted octanol–water partition coefficient (Wildman–Crippen LogP) is 4.63. The van der Waals surface area contributed by atoms with Gasteiger partial charge in [0.05, 0.1) is 0 Å². The fourth-order valence-corrected chi connectivity index (χ4v) is 6.87. The molecule has 4 saturated carbocycles. The standard InChI is InChI=1S/C19H27NS/c1-13-3-2-4-17(5-13)21-12-18(20)19-9-14-6-15(10-19)8-16(7-14)11-19/h2-5,14-16,18H,6-12,20H2,1H3. The summed E-state index contributed by atoms with van der Waals surface area (Å²) in [5, 5.41) is 0. The van der Waals surface area contributed by atoms with Gasteiger partial charge in [0.25, 0.3) is 0 Å². The van der Waals surface area contributed by atoms with E-state index in [9.17, 15) is 0 Å². The van der Waals surface area contributed by atoms with Crippen LogP contribution in [0, 0.1) is 30.1 Å². The molecule has 1 unspecified atom stereocenters. The molecule has 0 radical (unpaired) electrons. The fourth-order valence-electron chi connectivity index (χ4n) is 5.70. The molecule has 1 atom stereocenters. The average Bonchev–Trinajstić information content (AvgIpc) is 2.43. The highest BCUT2D eigenvalue weighted by Gasteiger charge is 2.53. The van der Waals surface area contributed by atoms with E-state index < -0.39 is 0 Å². The first-order valence-electron chi connectivity index (χ1n) is 8.58. The molecule has 4 bridgehead atoms. The van der Waals surface area contributed by atoms with E-state index in [0.29, 0.717) is 11.5 Å². The van der Waals surface area contributed by atoms with Crippen molar-refractivity contribution < 1.29 is 0 Å². The van der Waals surface area contributed by atoms with Crippen LogP contribution in [0.5, 0.6) is 0 Å². The van der Waals surface area contributed by atoms with Gasteiger partial charge in [0.1, 0.15) is 0 Å². The zero-order valence-electron chi connectivity index (χ0n) is 13.1. The number of benzene rings is 1. The van der Waals surface area contributed by atoms with Crippen LogP contribution >= 0.6 is 11.8 Å². The predicted molar refractivity (Wildman–Crippen MR) is 90.5 cm³/mol. The van der Waals surface area contributed by atoms with Crippen LogP contribution < -0.4 is 5.73 Å². The van der Waals surface area contributed by atoms with Gasteiger partial charge in [-0.2, -0.15) is 0 Å². The Morgan fingerprint density at radius 1 is 1.14 bits per heavy atom. The summed E-state index contributed by atoms with van der Waals surface area (Å²) in [6.07, 6.45) is 8.81. The monoisotopic (exact) mass is 301 g/mol. The zero-order valence-corrected chi connectivity index (χ0v) is 13.9. The van der Waals surface area contributed by atoms with E-state index in [-0.39, 0.29) is 0 Å². The van der Waals surface area contributed by atoms with Crippen LogP contribution in [-0.2, 0) is 0 Å². The Labute approximate surface area is 133 Å². The number of aryl methyl sites for hydroxylation is 1. The van der Waals surface area contributed by atoms with Crippen molar-refractivity contribution in [2.75, 3.05) is 5.75 Å². The first-order valence-corrected chi connectivity index (χ1v) is 9.56. The second kappa shape index (κ2) is 5.31. The maximum atomic E-state index is 6.74. The first kappa shape index (κ1) is 14.1.